The number of ether oxygens (including phenoxy) is 1. The van der Waals surface area contributed by atoms with Gasteiger partial charge in [-0.15, -0.1) is 0 Å². The number of morpholine rings is 1. The van der Waals surface area contributed by atoms with Crippen molar-refractivity contribution in [2.24, 2.45) is 0 Å². The van der Waals surface area contributed by atoms with Crippen molar-refractivity contribution in [2.75, 3.05) is 23.8 Å². The second kappa shape index (κ2) is 4.34. The summed E-state index contributed by atoms with van der Waals surface area (Å²) in [6.45, 7) is 8.04. The Morgan fingerprint density at radius 1 is 1.38 bits per heavy atom. The van der Waals surface area contributed by atoms with E-state index in [1.54, 1.807) is 0 Å². The Morgan fingerprint density at radius 2 is 2.12 bits per heavy atom. The third-order valence-corrected chi connectivity index (χ3v) is 3.20. The SMILES string of the molecule is Cc1ccc(N2CC(C)OCC2C)cc1N. The molecule has 88 valence electrons. The summed E-state index contributed by atoms with van der Waals surface area (Å²) in [6, 6.07) is 6.69. The van der Waals surface area contributed by atoms with Gasteiger partial charge in [0.05, 0.1) is 12.7 Å². The maximum Gasteiger partial charge on any atom is 0.0723 e. The molecule has 0 aromatic heterocycles. The van der Waals surface area contributed by atoms with Gasteiger partial charge in [-0.3, -0.25) is 0 Å². The molecular formula is C13H20N2O. The summed E-state index contributed by atoms with van der Waals surface area (Å²) in [4.78, 5) is 2.37. The van der Waals surface area contributed by atoms with Gasteiger partial charge >= 0.3 is 0 Å². The van der Waals surface area contributed by atoms with Crippen LogP contribution in [0.5, 0.6) is 0 Å². The average Bonchev–Trinajstić information content (AvgIpc) is 2.26. The zero-order valence-corrected chi connectivity index (χ0v) is 10.2. The van der Waals surface area contributed by atoms with Gasteiger partial charge in [-0.2, -0.15) is 0 Å². The molecular weight excluding hydrogens is 200 g/mol. The standard InChI is InChI=1S/C13H20N2O/c1-9-4-5-12(6-13(9)14)15-7-11(3)16-8-10(15)2/h4-6,10-11H,7-8,14H2,1-3H3. The minimum atomic E-state index is 0.290. The zero-order chi connectivity index (χ0) is 11.7. The molecule has 3 heteroatoms. The first-order valence-corrected chi connectivity index (χ1v) is 5.82. The Hall–Kier alpha value is -1.22. The fourth-order valence-electron chi connectivity index (χ4n) is 2.07. The van der Waals surface area contributed by atoms with Gasteiger partial charge in [-0.1, -0.05) is 6.07 Å². The first-order chi connectivity index (χ1) is 7.58. The van der Waals surface area contributed by atoms with Crippen LogP contribution >= 0.6 is 0 Å². The largest absolute Gasteiger partial charge is 0.398 e. The molecule has 1 heterocycles. The van der Waals surface area contributed by atoms with Gasteiger partial charge in [0.1, 0.15) is 0 Å². The van der Waals surface area contributed by atoms with Gasteiger partial charge < -0.3 is 15.4 Å². The van der Waals surface area contributed by atoms with Crippen molar-refractivity contribution in [3.05, 3.63) is 23.8 Å². The van der Waals surface area contributed by atoms with Crippen LogP contribution in [0.25, 0.3) is 0 Å². The Morgan fingerprint density at radius 3 is 2.81 bits per heavy atom. The molecule has 0 spiro atoms. The summed E-state index contributed by atoms with van der Waals surface area (Å²) in [5, 5.41) is 0. The van der Waals surface area contributed by atoms with E-state index in [2.05, 4.69) is 36.9 Å². The van der Waals surface area contributed by atoms with Crippen LogP contribution in [0, 0.1) is 6.92 Å². The molecule has 0 aliphatic carbocycles. The molecule has 0 saturated carbocycles. The van der Waals surface area contributed by atoms with Gasteiger partial charge in [0.15, 0.2) is 0 Å². The normalized spacial score (nSPS) is 25.8. The molecule has 2 unspecified atom stereocenters. The molecule has 2 atom stereocenters. The lowest BCUT2D eigenvalue weighted by molar-refractivity contribution is 0.0344. The van der Waals surface area contributed by atoms with E-state index >= 15 is 0 Å². The van der Waals surface area contributed by atoms with Crippen LogP contribution in [0.4, 0.5) is 11.4 Å². The summed E-state index contributed by atoms with van der Waals surface area (Å²) in [7, 11) is 0. The molecule has 0 bridgehead atoms. The minimum absolute atomic E-state index is 0.290. The maximum absolute atomic E-state index is 5.95. The Balaban J connectivity index is 2.24. The molecule has 1 fully saturated rings. The summed E-state index contributed by atoms with van der Waals surface area (Å²) in [5.74, 6) is 0. The zero-order valence-electron chi connectivity index (χ0n) is 10.2. The predicted octanol–water partition coefficient (Wildman–Crippen LogP) is 2.19. The fraction of sp³-hybridized carbons (Fsp3) is 0.538. The highest BCUT2D eigenvalue weighted by Gasteiger charge is 2.23. The molecule has 0 amide bonds. The van der Waals surface area contributed by atoms with Crippen molar-refractivity contribution in [2.45, 2.75) is 32.9 Å². The third-order valence-electron chi connectivity index (χ3n) is 3.20. The van der Waals surface area contributed by atoms with Crippen LogP contribution in [-0.2, 0) is 4.74 Å². The molecule has 1 aliphatic rings. The van der Waals surface area contributed by atoms with Gasteiger partial charge in [0.25, 0.3) is 0 Å². The number of hydrogen-bond acceptors (Lipinski definition) is 3. The van der Waals surface area contributed by atoms with E-state index in [4.69, 9.17) is 10.5 Å². The first kappa shape index (κ1) is 11.3. The lowest BCUT2D eigenvalue weighted by Crippen LogP contribution is -2.47. The van der Waals surface area contributed by atoms with Crippen molar-refractivity contribution in [1.29, 1.82) is 0 Å². The lowest BCUT2D eigenvalue weighted by atomic mass is 10.1. The van der Waals surface area contributed by atoms with Crippen LogP contribution in [0.15, 0.2) is 18.2 Å². The van der Waals surface area contributed by atoms with Crippen LogP contribution in [0.1, 0.15) is 19.4 Å². The molecule has 1 aromatic rings. The Bertz CT molecular complexity index is 378. The van der Waals surface area contributed by atoms with Gasteiger partial charge in [-0.05, 0) is 38.5 Å². The molecule has 1 aromatic carbocycles. The van der Waals surface area contributed by atoms with Crippen LogP contribution in [0.2, 0.25) is 0 Å². The summed E-state index contributed by atoms with van der Waals surface area (Å²) >= 11 is 0. The highest BCUT2D eigenvalue weighted by molar-refractivity contribution is 5.60. The van der Waals surface area contributed by atoms with Crippen LogP contribution in [0.3, 0.4) is 0 Å². The van der Waals surface area contributed by atoms with Crippen molar-refractivity contribution < 1.29 is 4.74 Å². The number of aryl methyl sites for hydroxylation is 1. The highest BCUT2D eigenvalue weighted by atomic mass is 16.5. The first-order valence-electron chi connectivity index (χ1n) is 5.82. The van der Waals surface area contributed by atoms with E-state index in [9.17, 15) is 0 Å². The number of anilines is 2. The second-order valence-electron chi connectivity index (χ2n) is 4.69. The van der Waals surface area contributed by atoms with Crippen LogP contribution < -0.4 is 10.6 Å². The smallest absolute Gasteiger partial charge is 0.0723 e. The van der Waals surface area contributed by atoms with E-state index in [0.717, 1.165) is 24.4 Å². The van der Waals surface area contributed by atoms with Crippen molar-refractivity contribution >= 4 is 11.4 Å². The summed E-state index contributed by atoms with van der Waals surface area (Å²) < 4.78 is 5.62. The lowest BCUT2D eigenvalue weighted by Gasteiger charge is -2.38. The number of nitrogens with zero attached hydrogens (tertiary/aromatic N) is 1. The number of hydrogen-bond donors (Lipinski definition) is 1. The van der Waals surface area contributed by atoms with E-state index < -0.39 is 0 Å². The number of rotatable bonds is 1. The molecule has 2 N–H and O–H groups in total. The van der Waals surface area contributed by atoms with Crippen molar-refractivity contribution in [1.82, 2.24) is 0 Å². The van der Waals surface area contributed by atoms with Crippen LogP contribution in [-0.4, -0.2) is 25.3 Å². The minimum Gasteiger partial charge on any atom is -0.398 e. The molecule has 1 saturated heterocycles. The third kappa shape index (κ3) is 2.14. The average molecular weight is 220 g/mol. The van der Waals surface area contributed by atoms with E-state index in [1.165, 1.54) is 5.69 Å². The van der Waals surface area contributed by atoms with Gasteiger partial charge in [0.2, 0.25) is 0 Å². The summed E-state index contributed by atoms with van der Waals surface area (Å²) in [6.07, 6.45) is 0.290. The monoisotopic (exact) mass is 220 g/mol. The molecule has 1 aliphatic heterocycles. The number of nitrogens with two attached hydrogens (primary N) is 1. The van der Waals surface area contributed by atoms with Gasteiger partial charge in [-0.25, -0.2) is 0 Å². The van der Waals surface area contributed by atoms with E-state index in [-0.39, 0.29) is 0 Å². The quantitative estimate of drug-likeness (QED) is 0.737. The topological polar surface area (TPSA) is 38.5 Å². The van der Waals surface area contributed by atoms with Crippen molar-refractivity contribution in [3.8, 4) is 0 Å². The Labute approximate surface area is 97.2 Å². The van der Waals surface area contributed by atoms with E-state index in [0.29, 0.717) is 12.1 Å². The Kier molecular flexibility index (Phi) is 3.06. The maximum atomic E-state index is 5.95. The molecule has 2 rings (SSSR count). The summed E-state index contributed by atoms with van der Waals surface area (Å²) in [5.41, 5.74) is 9.15. The number of benzene rings is 1. The van der Waals surface area contributed by atoms with Gasteiger partial charge in [0, 0.05) is 24.0 Å². The molecule has 0 radical (unpaired) electrons. The van der Waals surface area contributed by atoms with Crippen molar-refractivity contribution in [3.63, 3.8) is 0 Å². The highest BCUT2D eigenvalue weighted by Crippen LogP contribution is 2.25. The predicted molar refractivity (Wildman–Crippen MR) is 67.8 cm³/mol. The molecule has 16 heavy (non-hydrogen) atoms. The van der Waals surface area contributed by atoms with E-state index in [1.807, 2.05) is 6.92 Å². The number of nitrogen functional groups attached to an aromatic ring is 1. The molecule has 3 nitrogen and oxygen atoms in total. The fourth-order valence-corrected chi connectivity index (χ4v) is 2.07. The second-order valence-corrected chi connectivity index (χ2v) is 4.69.